The van der Waals surface area contributed by atoms with E-state index in [1.54, 1.807) is 0 Å². The van der Waals surface area contributed by atoms with E-state index in [4.69, 9.17) is 4.74 Å². The fraction of sp³-hybridized carbons (Fsp3) is 0.438. The summed E-state index contributed by atoms with van der Waals surface area (Å²) < 4.78 is 5.58. The lowest BCUT2D eigenvalue weighted by atomic mass is 10.2. The van der Waals surface area contributed by atoms with Gasteiger partial charge >= 0.3 is 0 Å². The number of nitrogens with one attached hydrogen (secondary N) is 2. The zero-order valence-corrected chi connectivity index (χ0v) is 14.4. The molecule has 23 heavy (non-hydrogen) atoms. The van der Waals surface area contributed by atoms with Crippen LogP contribution in [0.2, 0.25) is 0 Å². The molecule has 1 atom stereocenters. The van der Waals surface area contributed by atoms with E-state index in [2.05, 4.69) is 20.8 Å². The van der Waals surface area contributed by atoms with Crippen LogP contribution < -0.4 is 15.4 Å². The normalized spacial score (nSPS) is 11.8. The summed E-state index contributed by atoms with van der Waals surface area (Å²) in [5.74, 6) is 0.614. The molecule has 0 bridgehead atoms. The maximum absolute atomic E-state index is 12.4. The Labute approximate surface area is 140 Å². The third-order valence-electron chi connectivity index (χ3n) is 3.24. The summed E-state index contributed by atoms with van der Waals surface area (Å²) in [6.45, 7) is 6.47. The largest absolute Gasteiger partial charge is 0.492 e. The molecule has 0 saturated heterocycles. The molecule has 2 N–H and O–H groups in total. The Morgan fingerprint density at radius 1 is 1.26 bits per heavy atom. The molecule has 1 aromatic carbocycles. The monoisotopic (exact) mass is 334 g/mol. The smallest absolute Gasteiger partial charge is 0.248 e. The van der Waals surface area contributed by atoms with Gasteiger partial charge in [0, 0.05) is 0 Å². The molecule has 1 aromatic heterocycles. The molecule has 0 fully saturated rings. The Hall–Kier alpha value is -2.15. The molecule has 1 heterocycles. The van der Waals surface area contributed by atoms with Crippen LogP contribution >= 0.6 is 11.3 Å². The van der Waals surface area contributed by atoms with Crippen LogP contribution in [0.1, 0.15) is 32.2 Å². The first-order chi connectivity index (χ1) is 11.2. The Morgan fingerprint density at radius 2 is 2.04 bits per heavy atom. The predicted molar refractivity (Wildman–Crippen MR) is 93.2 cm³/mol. The van der Waals surface area contributed by atoms with E-state index in [9.17, 15) is 4.79 Å². The molecule has 0 aliphatic rings. The second-order valence-corrected chi connectivity index (χ2v) is 5.94. The van der Waals surface area contributed by atoms with Crippen LogP contribution in [0.3, 0.4) is 0 Å². The number of aromatic nitrogens is 2. The summed E-state index contributed by atoms with van der Waals surface area (Å²) in [6, 6.07) is 7.24. The first kappa shape index (κ1) is 17.2. The quantitative estimate of drug-likeness (QED) is 0.774. The first-order valence-electron chi connectivity index (χ1n) is 7.79. The van der Waals surface area contributed by atoms with Gasteiger partial charge in [-0.15, -0.1) is 10.2 Å². The molecule has 2 rings (SSSR count). The van der Waals surface area contributed by atoms with Gasteiger partial charge in [0.1, 0.15) is 16.8 Å². The van der Waals surface area contributed by atoms with Crippen LogP contribution in [0.25, 0.3) is 0 Å². The number of hydrogen-bond acceptors (Lipinski definition) is 6. The van der Waals surface area contributed by atoms with E-state index in [0.717, 1.165) is 22.9 Å². The van der Waals surface area contributed by atoms with E-state index in [1.165, 1.54) is 11.3 Å². The van der Waals surface area contributed by atoms with Crippen LogP contribution in [0.15, 0.2) is 24.3 Å². The fourth-order valence-corrected chi connectivity index (χ4v) is 2.73. The number of para-hydroxylation sites is 2. The number of anilines is 2. The minimum Gasteiger partial charge on any atom is -0.492 e. The maximum atomic E-state index is 12.4. The number of ether oxygens (including phenoxy) is 1. The highest BCUT2D eigenvalue weighted by Crippen LogP contribution is 2.25. The summed E-state index contributed by atoms with van der Waals surface area (Å²) in [5.41, 5.74) is 0.808. The van der Waals surface area contributed by atoms with Gasteiger partial charge in [-0.2, -0.15) is 0 Å². The lowest BCUT2D eigenvalue weighted by Crippen LogP contribution is -2.34. The van der Waals surface area contributed by atoms with Crippen molar-refractivity contribution in [1.29, 1.82) is 0 Å². The summed E-state index contributed by atoms with van der Waals surface area (Å²) >= 11 is 1.40. The molecule has 0 aliphatic carbocycles. The third-order valence-corrected chi connectivity index (χ3v) is 4.22. The highest BCUT2D eigenvalue weighted by molar-refractivity contribution is 7.15. The Bertz CT molecular complexity index is 645. The van der Waals surface area contributed by atoms with Crippen molar-refractivity contribution in [2.24, 2.45) is 0 Å². The molecule has 0 aliphatic heterocycles. The average molecular weight is 334 g/mol. The molecule has 124 valence electrons. The van der Waals surface area contributed by atoms with Gasteiger partial charge in [0.2, 0.25) is 11.0 Å². The average Bonchev–Trinajstić information content (AvgIpc) is 3.01. The minimum absolute atomic E-state index is 0.127. The number of benzene rings is 1. The van der Waals surface area contributed by atoms with Crippen LogP contribution in [0, 0.1) is 0 Å². The second-order valence-electron chi connectivity index (χ2n) is 4.88. The summed E-state index contributed by atoms with van der Waals surface area (Å²) in [6.07, 6.45) is 1.45. The highest BCUT2D eigenvalue weighted by Gasteiger charge is 2.19. The molecule has 0 radical (unpaired) electrons. The standard InChI is InChI=1S/C16H22N4O2S/c1-4-11(15(21)18-16-20-19-14(5-2)23-16)17-12-9-7-8-10-13(12)22-6-3/h7-11,17H,4-6H2,1-3H3,(H,18,20,21)/t11-/m1/s1. The number of rotatable bonds is 8. The molecule has 0 spiro atoms. The Kier molecular flexibility index (Phi) is 6.34. The van der Waals surface area contributed by atoms with Crippen molar-refractivity contribution < 1.29 is 9.53 Å². The molecule has 2 aromatic rings. The highest BCUT2D eigenvalue weighted by atomic mass is 32.1. The molecule has 6 nitrogen and oxygen atoms in total. The third kappa shape index (κ3) is 4.66. The fourth-order valence-electron chi connectivity index (χ4n) is 2.05. The number of amides is 1. The number of nitrogens with zero attached hydrogens (tertiary/aromatic N) is 2. The van der Waals surface area contributed by atoms with Gasteiger partial charge in [0.25, 0.3) is 0 Å². The topological polar surface area (TPSA) is 76.1 Å². The van der Waals surface area contributed by atoms with Gasteiger partial charge in [-0.1, -0.05) is 37.3 Å². The van der Waals surface area contributed by atoms with Crippen LogP contribution in [-0.4, -0.2) is 28.8 Å². The van der Waals surface area contributed by atoms with E-state index >= 15 is 0 Å². The molecular weight excluding hydrogens is 312 g/mol. The molecule has 0 unspecified atom stereocenters. The van der Waals surface area contributed by atoms with Gasteiger partial charge in [-0.05, 0) is 31.9 Å². The van der Waals surface area contributed by atoms with Crippen molar-refractivity contribution in [3.63, 3.8) is 0 Å². The van der Waals surface area contributed by atoms with Gasteiger partial charge in [0.15, 0.2) is 0 Å². The first-order valence-corrected chi connectivity index (χ1v) is 8.61. The minimum atomic E-state index is -0.370. The number of hydrogen-bond donors (Lipinski definition) is 2. The molecule has 0 saturated carbocycles. The number of aryl methyl sites for hydroxylation is 1. The van der Waals surface area contributed by atoms with Crippen LogP contribution in [0.5, 0.6) is 5.75 Å². The summed E-state index contributed by atoms with van der Waals surface area (Å²) in [4.78, 5) is 12.4. The van der Waals surface area contributed by atoms with Crippen molar-refractivity contribution in [3.8, 4) is 5.75 Å². The van der Waals surface area contributed by atoms with Gasteiger partial charge in [-0.3, -0.25) is 10.1 Å². The van der Waals surface area contributed by atoms with Gasteiger partial charge in [0.05, 0.1) is 12.3 Å². The lowest BCUT2D eigenvalue weighted by molar-refractivity contribution is -0.117. The van der Waals surface area contributed by atoms with E-state index in [0.29, 0.717) is 18.2 Å². The van der Waals surface area contributed by atoms with Gasteiger partial charge < -0.3 is 10.1 Å². The van der Waals surface area contributed by atoms with Crippen molar-refractivity contribution in [3.05, 3.63) is 29.3 Å². The lowest BCUT2D eigenvalue weighted by Gasteiger charge is -2.19. The van der Waals surface area contributed by atoms with Crippen molar-refractivity contribution in [1.82, 2.24) is 10.2 Å². The predicted octanol–water partition coefficient (Wildman–Crippen LogP) is 3.33. The Balaban J connectivity index is 2.05. The molecular formula is C16H22N4O2S. The van der Waals surface area contributed by atoms with Crippen LogP contribution in [-0.2, 0) is 11.2 Å². The Morgan fingerprint density at radius 3 is 2.70 bits per heavy atom. The summed E-state index contributed by atoms with van der Waals surface area (Å²) in [5, 5.41) is 15.5. The number of carbonyl (C=O) groups excluding carboxylic acids is 1. The van der Waals surface area contributed by atoms with Crippen LogP contribution in [0.4, 0.5) is 10.8 Å². The van der Waals surface area contributed by atoms with E-state index < -0.39 is 0 Å². The van der Waals surface area contributed by atoms with E-state index in [1.807, 2.05) is 45.0 Å². The van der Waals surface area contributed by atoms with E-state index in [-0.39, 0.29) is 11.9 Å². The summed E-state index contributed by atoms with van der Waals surface area (Å²) in [7, 11) is 0. The zero-order valence-electron chi connectivity index (χ0n) is 13.6. The SMILES string of the molecule is CCOc1ccccc1N[C@H](CC)C(=O)Nc1nnc(CC)s1. The van der Waals surface area contributed by atoms with Crippen molar-refractivity contribution in [2.45, 2.75) is 39.7 Å². The van der Waals surface area contributed by atoms with Crippen molar-refractivity contribution >= 4 is 28.1 Å². The van der Waals surface area contributed by atoms with Crippen molar-refractivity contribution in [2.75, 3.05) is 17.2 Å². The number of carbonyl (C=O) groups is 1. The van der Waals surface area contributed by atoms with Gasteiger partial charge in [-0.25, -0.2) is 0 Å². The molecule has 7 heteroatoms. The zero-order chi connectivity index (χ0) is 16.7. The maximum Gasteiger partial charge on any atom is 0.248 e. The second kappa shape index (κ2) is 8.47. The molecule has 1 amide bonds.